The molecule has 154 valence electrons. The third-order valence-electron chi connectivity index (χ3n) is 3.80. The van der Waals surface area contributed by atoms with E-state index < -0.39 is 21.5 Å². The molecule has 0 unspecified atom stereocenters. The second-order valence-electron chi connectivity index (χ2n) is 6.66. The fourth-order valence-corrected chi connectivity index (χ4v) is 3.95. The first kappa shape index (κ1) is 22.4. The predicted molar refractivity (Wildman–Crippen MR) is 108 cm³/mol. The highest BCUT2D eigenvalue weighted by atomic mass is 35.5. The molecule has 2 aromatic rings. The fraction of sp³-hybridized carbons (Fsp3) is 0.474. The third-order valence-corrected chi connectivity index (χ3v) is 5.54. The number of oxazole rings is 1. The lowest BCUT2D eigenvalue weighted by Gasteiger charge is -2.08. The van der Waals surface area contributed by atoms with Gasteiger partial charge in [-0.2, -0.15) is 0 Å². The van der Waals surface area contributed by atoms with Gasteiger partial charge >= 0.3 is 0 Å². The maximum atomic E-state index is 12.4. The van der Waals surface area contributed by atoms with Gasteiger partial charge in [-0.15, -0.1) is 0 Å². The highest BCUT2D eigenvalue weighted by molar-refractivity contribution is 7.91. The summed E-state index contributed by atoms with van der Waals surface area (Å²) in [4.78, 5) is 16.2. The number of amides is 1. The maximum absolute atomic E-state index is 12.4. The normalized spacial score (nSPS) is 11.8. The molecule has 0 aliphatic heterocycles. The molecule has 1 aromatic heterocycles. The maximum Gasteiger partial charge on any atom is 0.235 e. The number of carbonyl (C=O) groups excluding carboxylic acids is 1. The van der Waals surface area contributed by atoms with Crippen molar-refractivity contribution < 1.29 is 22.4 Å². The summed E-state index contributed by atoms with van der Waals surface area (Å²) in [6.45, 7) is 6.35. The molecular formula is C19H25ClN2O5S. The minimum Gasteiger partial charge on any atom is -0.441 e. The molecule has 7 nitrogen and oxygen atoms in total. The number of benzene rings is 1. The number of carbonyl (C=O) groups is 1. The van der Waals surface area contributed by atoms with E-state index in [9.17, 15) is 13.2 Å². The number of halogens is 1. The van der Waals surface area contributed by atoms with Gasteiger partial charge < -0.3 is 14.5 Å². The van der Waals surface area contributed by atoms with Crippen LogP contribution < -0.4 is 5.32 Å². The van der Waals surface area contributed by atoms with E-state index in [4.69, 9.17) is 20.8 Å². The van der Waals surface area contributed by atoms with Gasteiger partial charge in [-0.25, -0.2) is 13.4 Å². The van der Waals surface area contributed by atoms with Gasteiger partial charge in [0.15, 0.2) is 9.84 Å². The highest BCUT2D eigenvalue weighted by Crippen LogP contribution is 2.28. The number of hydrogen-bond acceptors (Lipinski definition) is 6. The Morgan fingerprint density at radius 2 is 2.04 bits per heavy atom. The van der Waals surface area contributed by atoms with Crippen LogP contribution in [0.25, 0.3) is 11.5 Å². The first-order valence-corrected chi connectivity index (χ1v) is 11.2. The number of nitrogens with one attached hydrogen (secondary N) is 1. The van der Waals surface area contributed by atoms with Crippen LogP contribution in [0.1, 0.15) is 31.7 Å². The first-order valence-electron chi connectivity index (χ1n) is 8.98. The van der Waals surface area contributed by atoms with Crippen molar-refractivity contribution in [3.8, 4) is 11.5 Å². The van der Waals surface area contributed by atoms with E-state index in [1.165, 1.54) is 0 Å². The molecule has 0 saturated carbocycles. The van der Waals surface area contributed by atoms with Gasteiger partial charge in [0.25, 0.3) is 0 Å². The van der Waals surface area contributed by atoms with Gasteiger partial charge in [0.05, 0.1) is 28.1 Å². The lowest BCUT2D eigenvalue weighted by molar-refractivity contribution is -0.118. The second kappa shape index (κ2) is 10.0. The molecule has 0 aliphatic carbocycles. The van der Waals surface area contributed by atoms with Crippen LogP contribution in [0.4, 0.5) is 0 Å². The van der Waals surface area contributed by atoms with Crippen LogP contribution in [0.3, 0.4) is 0 Å². The molecule has 1 amide bonds. The van der Waals surface area contributed by atoms with Gasteiger partial charge in [0, 0.05) is 13.2 Å². The summed E-state index contributed by atoms with van der Waals surface area (Å²) in [5.74, 6) is -0.896. The monoisotopic (exact) mass is 428 g/mol. The number of ether oxygens (including phenoxy) is 1. The van der Waals surface area contributed by atoms with E-state index in [1.807, 2.05) is 13.8 Å². The van der Waals surface area contributed by atoms with Crippen molar-refractivity contribution in [2.75, 3.05) is 18.9 Å². The molecule has 1 aromatic carbocycles. The zero-order valence-corrected chi connectivity index (χ0v) is 17.8. The molecule has 1 heterocycles. The Balaban J connectivity index is 1.93. The van der Waals surface area contributed by atoms with Crippen LogP contribution in [0.15, 0.2) is 28.7 Å². The van der Waals surface area contributed by atoms with Gasteiger partial charge in [-0.1, -0.05) is 23.7 Å². The quantitative estimate of drug-likeness (QED) is 0.583. The molecule has 2 rings (SSSR count). The summed E-state index contributed by atoms with van der Waals surface area (Å²) >= 11 is 6.13. The lowest BCUT2D eigenvalue weighted by atomic mass is 10.2. The van der Waals surface area contributed by atoms with Crippen molar-refractivity contribution in [1.29, 1.82) is 0 Å². The van der Waals surface area contributed by atoms with Crippen LogP contribution in [0.2, 0.25) is 5.02 Å². The number of hydrogen-bond donors (Lipinski definition) is 1. The molecule has 0 saturated heterocycles. The van der Waals surface area contributed by atoms with Crippen LogP contribution >= 0.6 is 11.6 Å². The Morgan fingerprint density at radius 1 is 1.32 bits per heavy atom. The lowest BCUT2D eigenvalue weighted by Crippen LogP contribution is -2.32. The zero-order valence-electron chi connectivity index (χ0n) is 16.2. The Bertz CT molecular complexity index is 909. The van der Waals surface area contributed by atoms with Crippen LogP contribution in [0.5, 0.6) is 0 Å². The van der Waals surface area contributed by atoms with Crippen molar-refractivity contribution in [3.63, 3.8) is 0 Å². The van der Waals surface area contributed by atoms with Crippen molar-refractivity contribution in [1.82, 2.24) is 10.3 Å². The van der Waals surface area contributed by atoms with Crippen LogP contribution in [-0.2, 0) is 25.1 Å². The van der Waals surface area contributed by atoms with E-state index in [0.29, 0.717) is 35.9 Å². The molecule has 1 N–H and O–H groups in total. The Morgan fingerprint density at radius 3 is 2.71 bits per heavy atom. The smallest absolute Gasteiger partial charge is 0.235 e. The minimum atomic E-state index is -3.69. The average Bonchev–Trinajstić information content (AvgIpc) is 2.94. The van der Waals surface area contributed by atoms with E-state index in [0.717, 1.165) is 0 Å². The van der Waals surface area contributed by atoms with Crippen molar-refractivity contribution in [2.24, 2.45) is 0 Å². The highest BCUT2D eigenvalue weighted by Gasteiger charge is 2.22. The molecule has 0 bridgehead atoms. The summed E-state index contributed by atoms with van der Waals surface area (Å²) < 4.78 is 35.7. The molecule has 9 heteroatoms. The third kappa shape index (κ3) is 6.92. The fourth-order valence-electron chi connectivity index (χ4n) is 2.44. The summed E-state index contributed by atoms with van der Waals surface area (Å²) in [6, 6.07) is 7.00. The van der Waals surface area contributed by atoms with Crippen LogP contribution in [0, 0.1) is 6.92 Å². The standard InChI is InChI=1S/C19H25ClN2O5S/c1-13(2)26-10-6-9-21-18(23)12-28(24,25)11-17-14(3)27-19(22-17)15-7-4-5-8-16(15)20/h4-5,7-8,13H,6,9-12H2,1-3H3,(H,21,23). The minimum absolute atomic E-state index is 0.123. The van der Waals surface area contributed by atoms with Crippen LogP contribution in [-0.4, -0.2) is 44.3 Å². The number of aryl methyl sites for hydroxylation is 1. The molecule has 28 heavy (non-hydrogen) atoms. The molecule has 0 aliphatic rings. The zero-order chi connectivity index (χ0) is 20.7. The number of nitrogens with zero attached hydrogens (tertiary/aromatic N) is 1. The summed E-state index contributed by atoms with van der Waals surface area (Å²) in [5.41, 5.74) is 0.852. The molecule has 0 fully saturated rings. The summed E-state index contributed by atoms with van der Waals surface area (Å²) in [7, 11) is -3.69. The summed E-state index contributed by atoms with van der Waals surface area (Å²) in [5, 5.41) is 3.05. The van der Waals surface area contributed by atoms with E-state index >= 15 is 0 Å². The molecule has 0 spiro atoms. The van der Waals surface area contributed by atoms with E-state index in [2.05, 4.69) is 10.3 Å². The second-order valence-corrected chi connectivity index (χ2v) is 9.13. The topological polar surface area (TPSA) is 98.5 Å². The van der Waals surface area contributed by atoms with Crippen molar-refractivity contribution in [3.05, 3.63) is 40.7 Å². The van der Waals surface area contributed by atoms with Crippen molar-refractivity contribution >= 4 is 27.3 Å². The Kier molecular flexibility index (Phi) is 8.03. The average molecular weight is 429 g/mol. The van der Waals surface area contributed by atoms with Gasteiger partial charge in [0.1, 0.15) is 11.5 Å². The van der Waals surface area contributed by atoms with Gasteiger partial charge in [0.2, 0.25) is 11.8 Å². The van der Waals surface area contributed by atoms with Crippen molar-refractivity contribution in [2.45, 2.75) is 39.0 Å². The summed E-state index contributed by atoms with van der Waals surface area (Å²) in [6.07, 6.45) is 0.741. The molecule has 0 atom stereocenters. The van der Waals surface area contributed by atoms with E-state index in [1.54, 1.807) is 31.2 Å². The molecular weight excluding hydrogens is 404 g/mol. The largest absolute Gasteiger partial charge is 0.441 e. The number of sulfone groups is 1. The van der Waals surface area contributed by atoms with E-state index in [-0.39, 0.29) is 23.4 Å². The Labute approximate surface area is 170 Å². The number of rotatable bonds is 10. The predicted octanol–water partition coefficient (Wildman–Crippen LogP) is 3.15. The Hall–Kier alpha value is -1.90. The molecule has 0 radical (unpaired) electrons. The SMILES string of the molecule is Cc1oc(-c2ccccc2Cl)nc1CS(=O)(=O)CC(=O)NCCCOC(C)C. The number of aromatic nitrogens is 1. The first-order chi connectivity index (χ1) is 13.2. The van der Waals surface area contributed by atoms with Gasteiger partial charge in [-0.3, -0.25) is 4.79 Å². The van der Waals surface area contributed by atoms with Gasteiger partial charge in [-0.05, 0) is 39.3 Å².